The molecule has 0 spiro atoms. The van der Waals surface area contributed by atoms with Crippen molar-refractivity contribution < 1.29 is 23.7 Å². The number of hydrogen-bond acceptors (Lipinski definition) is 5. The molecule has 0 fully saturated rings. The van der Waals surface area contributed by atoms with Crippen molar-refractivity contribution in [1.82, 2.24) is 5.32 Å². The lowest BCUT2D eigenvalue weighted by Crippen LogP contribution is -2.35. The van der Waals surface area contributed by atoms with Gasteiger partial charge >= 0.3 is 0 Å². The number of ether oxygens (including phenoxy) is 4. The molecule has 0 bridgehead atoms. The summed E-state index contributed by atoms with van der Waals surface area (Å²) in [6.45, 7) is 2.03. The van der Waals surface area contributed by atoms with Crippen LogP contribution in [0.25, 0.3) is 10.8 Å². The van der Waals surface area contributed by atoms with Gasteiger partial charge in [0.25, 0.3) is 5.91 Å². The second-order valence-electron chi connectivity index (χ2n) is 6.49. The third-order valence-electron chi connectivity index (χ3n) is 4.61. The van der Waals surface area contributed by atoms with Crippen LogP contribution in [0.4, 0.5) is 0 Å². The molecule has 3 aromatic rings. The molecule has 152 valence electrons. The monoisotopic (exact) mass is 395 g/mol. The molecule has 1 amide bonds. The average molecular weight is 395 g/mol. The summed E-state index contributed by atoms with van der Waals surface area (Å²) < 4.78 is 21.9. The Kier molecular flexibility index (Phi) is 6.44. The van der Waals surface area contributed by atoms with Crippen molar-refractivity contribution in [3.05, 3.63) is 60.2 Å². The number of fused-ring (bicyclic) bond motifs is 1. The van der Waals surface area contributed by atoms with Gasteiger partial charge in [0.2, 0.25) is 5.75 Å². The van der Waals surface area contributed by atoms with Gasteiger partial charge in [-0.25, -0.2) is 0 Å². The zero-order valence-corrected chi connectivity index (χ0v) is 17.0. The number of carbonyl (C=O) groups is 1. The molecule has 6 heteroatoms. The number of nitrogens with one attached hydrogen (secondary N) is 1. The van der Waals surface area contributed by atoms with Gasteiger partial charge in [-0.05, 0) is 36.1 Å². The van der Waals surface area contributed by atoms with E-state index in [0.29, 0.717) is 29.5 Å². The van der Waals surface area contributed by atoms with Crippen LogP contribution in [0.15, 0.2) is 54.6 Å². The van der Waals surface area contributed by atoms with E-state index in [2.05, 4.69) is 5.32 Å². The Morgan fingerprint density at radius 1 is 0.897 bits per heavy atom. The third kappa shape index (κ3) is 4.54. The summed E-state index contributed by atoms with van der Waals surface area (Å²) in [5.41, 5.74) is 0.824. The lowest BCUT2D eigenvalue weighted by molar-refractivity contribution is -0.127. The number of rotatable bonds is 8. The zero-order chi connectivity index (χ0) is 20.8. The molecule has 3 aromatic carbocycles. The van der Waals surface area contributed by atoms with E-state index in [9.17, 15) is 4.79 Å². The van der Waals surface area contributed by atoms with E-state index in [1.54, 1.807) is 40.4 Å². The summed E-state index contributed by atoms with van der Waals surface area (Å²) in [6.07, 6.45) is -0.650. The first-order valence-electron chi connectivity index (χ1n) is 9.28. The average Bonchev–Trinajstić information content (AvgIpc) is 2.76. The topological polar surface area (TPSA) is 66.0 Å². The molecule has 0 aliphatic carbocycles. The van der Waals surface area contributed by atoms with Gasteiger partial charge in [-0.15, -0.1) is 0 Å². The fourth-order valence-corrected chi connectivity index (χ4v) is 3.11. The van der Waals surface area contributed by atoms with Crippen LogP contribution in [0.1, 0.15) is 12.5 Å². The smallest absolute Gasteiger partial charge is 0.261 e. The summed E-state index contributed by atoms with van der Waals surface area (Å²) in [5.74, 6) is 2.05. The Bertz CT molecular complexity index is 971. The van der Waals surface area contributed by atoms with Gasteiger partial charge in [-0.3, -0.25) is 4.79 Å². The quantitative estimate of drug-likeness (QED) is 0.626. The highest BCUT2D eigenvalue weighted by Crippen LogP contribution is 2.38. The molecule has 0 aliphatic rings. The molecule has 3 rings (SSSR count). The van der Waals surface area contributed by atoms with E-state index in [-0.39, 0.29) is 5.91 Å². The predicted octanol–water partition coefficient (Wildman–Crippen LogP) is 3.95. The second kappa shape index (κ2) is 9.19. The van der Waals surface area contributed by atoms with Crippen molar-refractivity contribution in [2.45, 2.75) is 19.6 Å². The maximum atomic E-state index is 12.6. The first-order valence-corrected chi connectivity index (χ1v) is 9.28. The molecule has 0 aliphatic heterocycles. The Labute approximate surface area is 170 Å². The van der Waals surface area contributed by atoms with Crippen LogP contribution in [-0.2, 0) is 11.3 Å². The van der Waals surface area contributed by atoms with Crippen LogP contribution in [0.3, 0.4) is 0 Å². The molecule has 0 heterocycles. The third-order valence-corrected chi connectivity index (χ3v) is 4.61. The SMILES string of the molecule is COc1cc(CNC(=O)[C@H](C)Oc2cccc3ccccc23)cc(OC)c1OC. The number of hydrogen-bond donors (Lipinski definition) is 1. The van der Waals surface area contributed by atoms with Crippen molar-refractivity contribution in [1.29, 1.82) is 0 Å². The van der Waals surface area contributed by atoms with Crippen LogP contribution >= 0.6 is 0 Å². The minimum absolute atomic E-state index is 0.216. The summed E-state index contributed by atoms with van der Waals surface area (Å²) >= 11 is 0. The molecular weight excluding hydrogens is 370 g/mol. The Balaban J connectivity index is 1.69. The predicted molar refractivity (Wildman–Crippen MR) is 112 cm³/mol. The molecule has 0 unspecified atom stereocenters. The maximum Gasteiger partial charge on any atom is 0.261 e. The molecule has 0 saturated carbocycles. The van der Waals surface area contributed by atoms with E-state index >= 15 is 0 Å². The second-order valence-corrected chi connectivity index (χ2v) is 6.49. The molecule has 6 nitrogen and oxygen atoms in total. The molecule has 0 aromatic heterocycles. The summed E-state index contributed by atoms with van der Waals surface area (Å²) in [5, 5.41) is 4.93. The summed E-state index contributed by atoms with van der Waals surface area (Å²) in [7, 11) is 4.66. The van der Waals surface area contributed by atoms with Crippen molar-refractivity contribution in [2.24, 2.45) is 0 Å². The number of amides is 1. The Hall–Kier alpha value is -3.41. The van der Waals surface area contributed by atoms with E-state index in [1.807, 2.05) is 42.5 Å². The van der Waals surface area contributed by atoms with Gasteiger partial charge in [0, 0.05) is 11.9 Å². The highest BCUT2D eigenvalue weighted by molar-refractivity contribution is 5.89. The normalized spacial score (nSPS) is 11.6. The van der Waals surface area contributed by atoms with Gasteiger partial charge in [0.05, 0.1) is 21.3 Å². The Morgan fingerprint density at radius 3 is 2.21 bits per heavy atom. The van der Waals surface area contributed by atoms with E-state index < -0.39 is 6.10 Å². The molecule has 0 saturated heterocycles. The zero-order valence-electron chi connectivity index (χ0n) is 17.0. The van der Waals surface area contributed by atoms with Crippen molar-refractivity contribution in [3.63, 3.8) is 0 Å². The van der Waals surface area contributed by atoms with E-state index in [4.69, 9.17) is 18.9 Å². The first kappa shape index (κ1) is 20.3. The lowest BCUT2D eigenvalue weighted by atomic mass is 10.1. The fraction of sp³-hybridized carbons (Fsp3) is 0.261. The molecule has 1 atom stereocenters. The highest BCUT2D eigenvalue weighted by Gasteiger charge is 2.17. The van der Waals surface area contributed by atoms with Gasteiger partial charge in [0.15, 0.2) is 17.6 Å². The number of benzene rings is 3. The van der Waals surface area contributed by atoms with Crippen LogP contribution in [0.2, 0.25) is 0 Å². The van der Waals surface area contributed by atoms with Crippen LogP contribution < -0.4 is 24.3 Å². The van der Waals surface area contributed by atoms with Crippen molar-refractivity contribution >= 4 is 16.7 Å². The minimum Gasteiger partial charge on any atom is -0.493 e. The molecule has 29 heavy (non-hydrogen) atoms. The minimum atomic E-state index is -0.650. The maximum absolute atomic E-state index is 12.6. The summed E-state index contributed by atoms with van der Waals surface area (Å²) in [6, 6.07) is 17.3. The largest absolute Gasteiger partial charge is 0.493 e. The van der Waals surface area contributed by atoms with Crippen LogP contribution in [-0.4, -0.2) is 33.3 Å². The van der Waals surface area contributed by atoms with Crippen LogP contribution in [0.5, 0.6) is 23.0 Å². The Morgan fingerprint density at radius 2 is 1.55 bits per heavy atom. The van der Waals surface area contributed by atoms with Gasteiger partial charge < -0.3 is 24.3 Å². The fourth-order valence-electron chi connectivity index (χ4n) is 3.11. The standard InChI is InChI=1S/C23H25NO5/c1-15(29-19-11-7-9-17-8-5-6-10-18(17)19)23(25)24-14-16-12-20(26-2)22(28-4)21(13-16)27-3/h5-13,15H,14H2,1-4H3,(H,24,25)/t15-/m0/s1. The highest BCUT2D eigenvalue weighted by atomic mass is 16.5. The first-order chi connectivity index (χ1) is 14.1. The van der Waals surface area contributed by atoms with Gasteiger partial charge in [0.1, 0.15) is 5.75 Å². The molecular formula is C23H25NO5. The van der Waals surface area contributed by atoms with E-state index in [0.717, 1.165) is 16.3 Å². The summed E-state index contributed by atoms with van der Waals surface area (Å²) in [4.78, 5) is 12.6. The van der Waals surface area contributed by atoms with Gasteiger partial charge in [-0.2, -0.15) is 0 Å². The van der Waals surface area contributed by atoms with Crippen LogP contribution in [0, 0.1) is 0 Å². The van der Waals surface area contributed by atoms with Crippen molar-refractivity contribution in [2.75, 3.05) is 21.3 Å². The van der Waals surface area contributed by atoms with Crippen molar-refractivity contribution in [3.8, 4) is 23.0 Å². The lowest BCUT2D eigenvalue weighted by Gasteiger charge is -2.17. The molecule has 0 radical (unpaired) electrons. The van der Waals surface area contributed by atoms with E-state index in [1.165, 1.54) is 0 Å². The number of carbonyl (C=O) groups excluding carboxylic acids is 1. The van der Waals surface area contributed by atoms with Gasteiger partial charge in [-0.1, -0.05) is 36.4 Å². The number of methoxy groups -OCH3 is 3. The molecule has 1 N–H and O–H groups in total.